The van der Waals surface area contributed by atoms with Gasteiger partial charge in [-0.15, -0.1) is 0 Å². The van der Waals surface area contributed by atoms with E-state index in [1.54, 1.807) is 6.20 Å². The van der Waals surface area contributed by atoms with Crippen molar-refractivity contribution in [2.75, 3.05) is 5.32 Å². The van der Waals surface area contributed by atoms with Gasteiger partial charge in [0.2, 0.25) is 0 Å². The van der Waals surface area contributed by atoms with E-state index >= 15 is 0 Å². The summed E-state index contributed by atoms with van der Waals surface area (Å²) in [4.78, 5) is 13.7. The van der Waals surface area contributed by atoms with E-state index in [1.165, 1.54) is 22.3 Å². The van der Waals surface area contributed by atoms with E-state index in [0.717, 1.165) is 33.7 Å². The number of aromatic nitrogens is 3. The Morgan fingerprint density at radius 1 is 0.719 bits per heavy atom. The van der Waals surface area contributed by atoms with Gasteiger partial charge in [0.25, 0.3) is 0 Å². The van der Waals surface area contributed by atoms with Crippen molar-refractivity contribution in [3.05, 3.63) is 108 Å². The smallest absolute Gasteiger partial charge is 0.135 e. The molecule has 0 fully saturated rings. The zero-order valence-electron chi connectivity index (χ0n) is 18.2. The fourth-order valence-electron chi connectivity index (χ4n) is 3.89. The number of fused-ring (bicyclic) bond motifs is 1. The normalized spacial score (nSPS) is 10.9. The number of hydrogen-bond donors (Lipinski definition) is 1. The lowest BCUT2D eigenvalue weighted by molar-refractivity contribution is 1.12. The van der Waals surface area contributed by atoms with Crippen LogP contribution in [0.4, 0.5) is 5.82 Å². The van der Waals surface area contributed by atoms with Crippen molar-refractivity contribution < 1.29 is 0 Å². The molecule has 0 atom stereocenters. The van der Waals surface area contributed by atoms with Gasteiger partial charge in [0, 0.05) is 35.6 Å². The van der Waals surface area contributed by atoms with Gasteiger partial charge in [0.15, 0.2) is 0 Å². The fraction of sp³-hybridized carbons (Fsp3) is 0.107. The first-order valence-corrected chi connectivity index (χ1v) is 10.7. The quantitative estimate of drug-likeness (QED) is 0.351. The number of nitrogens with one attached hydrogen (secondary N) is 1. The molecule has 5 aromatic rings. The molecular formula is C28H24N4. The molecule has 0 radical (unpaired) electrons. The summed E-state index contributed by atoms with van der Waals surface area (Å²) in [5.41, 5.74) is 8.85. The summed E-state index contributed by atoms with van der Waals surface area (Å²) in [6.45, 7) is 4.81. The molecule has 0 unspecified atom stereocenters. The van der Waals surface area contributed by atoms with E-state index in [-0.39, 0.29) is 0 Å². The van der Waals surface area contributed by atoms with Crippen LogP contribution in [0.25, 0.3) is 33.3 Å². The lowest BCUT2D eigenvalue weighted by atomic mass is 10.0. The predicted molar refractivity (Wildman–Crippen MR) is 131 cm³/mol. The third-order valence-corrected chi connectivity index (χ3v) is 5.57. The Kier molecular flexibility index (Phi) is 5.34. The largest absolute Gasteiger partial charge is 0.365 e. The van der Waals surface area contributed by atoms with Gasteiger partial charge in [-0.2, -0.15) is 0 Å². The minimum Gasteiger partial charge on any atom is -0.365 e. The van der Waals surface area contributed by atoms with E-state index in [9.17, 15) is 0 Å². The molecule has 4 heteroatoms. The molecule has 1 N–H and O–H groups in total. The molecule has 5 rings (SSSR count). The highest BCUT2D eigenvalue weighted by atomic mass is 15.0. The van der Waals surface area contributed by atoms with Crippen LogP contribution in [0, 0.1) is 13.8 Å². The Morgan fingerprint density at radius 2 is 1.56 bits per heavy atom. The minimum absolute atomic E-state index is 0.700. The Balaban J connectivity index is 1.35. The molecule has 0 bridgehead atoms. The number of aryl methyl sites for hydroxylation is 2. The van der Waals surface area contributed by atoms with Gasteiger partial charge in [-0.1, -0.05) is 54.1 Å². The Labute approximate surface area is 188 Å². The average Bonchev–Trinajstić information content (AvgIpc) is 2.82. The molecule has 0 saturated heterocycles. The first-order chi connectivity index (χ1) is 15.7. The van der Waals surface area contributed by atoms with Crippen LogP contribution in [0.3, 0.4) is 0 Å². The zero-order valence-corrected chi connectivity index (χ0v) is 18.2. The van der Waals surface area contributed by atoms with Crippen molar-refractivity contribution in [3.8, 4) is 22.4 Å². The summed E-state index contributed by atoms with van der Waals surface area (Å²) in [6.07, 6.45) is 3.63. The van der Waals surface area contributed by atoms with Gasteiger partial charge in [0.1, 0.15) is 5.82 Å². The van der Waals surface area contributed by atoms with Gasteiger partial charge >= 0.3 is 0 Å². The molecule has 0 spiro atoms. The molecule has 0 saturated carbocycles. The summed E-state index contributed by atoms with van der Waals surface area (Å²) in [5.74, 6) is 0.843. The van der Waals surface area contributed by atoms with E-state index < -0.39 is 0 Å². The molecule has 0 aliphatic heterocycles. The lowest BCUT2D eigenvalue weighted by Crippen LogP contribution is -2.02. The summed E-state index contributed by atoms with van der Waals surface area (Å²) in [7, 11) is 0. The van der Waals surface area contributed by atoms with E-state index in [0.29, 0.717) is 6.54 Å². The Hall–Kier alpha value is -4.05. The molecule has 156 valence electrons. The van der Waals surface area contributed by atoms with Gasteiger partial charge < -0.3 is 5.32 Å². The van der Waals surface area contributed by atoms with Crippen molar-refractivity contribution >= 4 is 16.7 Å². The van der Waals surface area contributed by atoms with Gasteiger partial charge in [-0.3, -0.25) is 4.98 Å². The summed E-state index contributed by atoms with van der Waals surface area (Å²) < 4.78 is 0. The second kappa shape index (κ2) is 8.60. The first-order valence-electron chi connectivity index (χ1n) is 10.7. The molecule has 32 heavy (non-hydrogen) atoms. The SMILES string of the molecule is Cc1cccc(-c2ccc(CNc3nccc4nc(-c5ccnc(C)c5)ccc34)cc2)c1. The van der Waals surface area contributed by atoms with E-state index in [2.05, 4.69) is 82.9 Å². The van der Waals surface area contributed by atoms with Gasteiger partial charge in [-0.05, 0) is 60.9 Å². The van der Waals surface area contributed by atoms with Crippen LogP contribution in [0.2, 0.25) is 0 Å². The summed E-state index contributed by atoms with van der Waals surface area (Å²) in [5, 5.41) is 4.49. The maximum Gasteiger partial charge on any atom is 0.135 e. The maximum atomic E-state index is 4.85. The van der Waals surface area contributed by atoms with Crippen LogP contribution in [0.15, 0.2) is 91.3 Å². The second-order valence-corrected chi connectivity index (χ2v) is 8.03. The Bertz CT molecular complexity index is 1390. The molecule has 2 aromatic carbocycles. The van der Waals surface area contributed by atoms with Crippen LogP contribution in [-0.2, 0) is 6.54 Å². The number of benzene rings is 2. The molecular weight excluding hydrogens is 392 g/mol. The van der Waals surface area contributed by atoms with Crippen molar-refractivity contribution in [1.29, 1.82) is 0 Å². The number of nitrogens with zero attached hydrogens (tertiary/aromatic N) is 3. The van der Waals surface area contributed by atoms with Crippen molar-refractivity contribution in [2.45, 2.75) is 20.4 Å². The summed E-state index contributed by atoms with van der Waals surface area (Å²) >= 11 is 0. The van der Waals surface area contributed by atoms with Crippen molar-refractivity contribution in [1.82, 2.24) is 15.0 Å². The predicted octanol–water partition coefficient (Wildman–Crippen LogP) is 6.59. The first kappa shape index (κ1) is 19.9. The van der Waals surface area contributed by atoms with E-state index in [4.69, 9.17) is 4.98 Å². The highest BCUT2D eigenvalue weighted by Gasteiger charge is 2.07. The van der Waals surface area contributed by atoms with Crippen molar-refractivity contribution in [2.24, 2.45) is 0 Å². The highest BCUT2D eigenvalue weighted by molar-refractivity contribution is 5.90. The van der Waals surface area contributed by atoms with Gasteiger partial charge in [0.05, 0.1) is 11.2 Å². The highest BCUT2D eigenvalue weighted by Crippen LogP contribution is 2.26. The van der Waals surface area contributed by atoms with Crippen LogP contribution in [0.1, 0.15) is 16.8 Å². The number of hydrogen-bond acceptors (Lipinski definition) is 4. The zero-order chi connectivity index (χ0) is 21.9. The lowest BCUT2D eigenvalue weighted by Gasteiger charge is -2.10. The second-order valence-electron chi connectivity index (χ2n) is 8.03. The third kappa shape index (κ3) is 4.21. The monoisotopic (exact) mass is 416 g/mol. The van der Waals surface area contributed by atoms with Gasteiger partial charge in [-0.25, -0.2) is 9.97 Å². The van der Waals surface area contributed by atoms with Crippen LogP contribution < -0.4 is 5.32 Å². The third-order valence-electron chi connectivity index (χ3n) is 5.57. The molecule has 3 aromatic heterocycles. The minimum atomic E-state index is 0.700. The van der Waals surface area contributed by atoms with Crippen LogP contribution >= 0.6 is 0 Å². The Morgan fingerprint density at radius 3 is 2.38 bits per heavy atom. The standard InChI is InChI=1S/C28H24N4/c1-19-4-3-5-23(16-19)22-8-6-21(7-9-22)18-31-28-25-10-11-26(32-27(25)13-15-30-28)24-12-14-29-20(2)17-24/h3-17H,18H2,1-2H3,(H,30,31). The summed E-state index contributed by atoms with van der Waals surface area (Å²) in [6, 6.07) is 27.4. The fourth-order valence-corrected chi connectivity index (χ4v) is 3.89. The van der Waals surface area contributed by atoms with Crippen LogP contribution in [-0.4, -0.2) is 15.0 Å². The average molecular weight is 417 g/mol. The topological polar surface area (TPSA) is 50.7 Å². The van der Waals surface area contributed by atoms with E-state index in [1.807, 2.05) is 31.3 Å². The van der Waals surface area contributed by atoms with Crippen molar-refractivity contribution in [3.63, 3.8) is 0 Å². The maximum absolute atomic E-state index is 4.85. The molecule has 4 nitrogen and oxygen atoms in total. The molecule has 0 amide bonds. The number of rotatable bonds is 5. The number of pyridine rings is 3. The molecule has 0 aliphatic carbocycles. The number of anilines is 1. The van der Waals surface area contributed by atoms with Crippen LogP contribution in [0.5, 0.6) is 0 Å². The molecule has 3 heterocycles. The molecule has 0 aliphatic rings.